The Hall–Kier alpha value is -2.31. The molecule has 0 bridgehead atoms. The smallest absolute Gasteiger partial charge is 0.318 e. The Kier molecular flexibility index (Phi) is 5.40. The topological polar surface area (TPSA) is 74.9 Å². The van der Waals surface area contributed by atoms with Crippen molar-refractivity contribution >= 4 is 6.03 Å². The number of nitrogens with one attached hydrogen (secondary N) is 1. The Labute approximate surface area is 147 Å². The molecule has 2 amide bonds. The number of hydrogen-bond acceptors (Lipinski definition) is 4. The third-order valence-corrected chi connectivity index (χ3v) is 4.58. The van der Waals surface area contributed by atoms with E-state index in [1.54, 1.807) is 12.0 Å². The maximum atomic E-state index is 12.8. The number of aliphatic hydroxyl groups is 1. The van der Waals surface area contributed by atoms with E-state index in [0.717, 1.165) is 17.7 Å². The number of urea groups is 1. The molecule has 0 radical (unpaired) electrons. The van der Waals surface area contributed by atoms with Gasteiger partial charge in [-0.2, -0.15) is 0 Å². The molecule has 1 aromatic carbocycles. The van der Waals surface area contributed by atoms with Crippen LogP contribution >= 0.6 is 0 Å². The maximum Gasteiger partial charge on any atom is 0.318 e. The van der Waals surface area contributed by atoms with E-state index in [-0.39, 0.29) is 24.7 Å². The second-order valence-electron chi connectivity index (χ2n) is 6.25. The van der Waals surface area contributed by atoms with Gasteiger partial charge in [-0.15, -0.1) is 0 Å². The fourth-order valence-electron chi connectivity index (χ4n) is 3.33. The molecule has 1 aliphatic heterocycles. The number of carbonyl (C=O) groups excluding carboxylic acids is 1. The number of hydrogen-bond donors (Lipinski definition) is 2. The average molecular weight is 344 g/mol. The molecule has 2 atom stereocenters. The Morgan fingerprint density at radius 1 is 1.40 bits per heavy atom. The van der Waals surface area contributed by atoms with E-state index < -0.39 is 0 Å². The van der Waals surface area contributed by atoms with E-state index in [4.69, 9.17) is 9.15 Å². The van der Waals surface area contributed by atoms with Gasteiger partial charge in [-0.25, -0.2) is 4.79 Å². The van der Waals surface area contributed by atoms with Crippen molar-refractivity contribution in [2.75, 3.05) is 26.9 Å². The number of ether oxygens (including phenoxy) is 1. The zero-order valence-electron chi connectivity index (χ0n) is 14.6. The van der Waals surface area contributed by atoms with E-state index in [9.17, 15) is 9.90 Å². The van der Waals surface area contributed by atoms with Gasteiger partial charge in [0.05, 0.1) is 19.3 Å². The Bertz CT molecular complexity index is 728. The maximum absolute atomic E-state index is 12.8. The van der Waals surface area contributed by atoms with Crippen LogP contribution in [0, 0.1) is 6.92 Å². The van der Waals surface area contributed by atoms with Gasteiger partial charge in [0.2, 0.25) is 0 Å². The van der Waals surface area contributed by atoms with Gasteiger partial charge in [0.25, 0.3) is 0 Å². The Balaban J connectivity index is 1.77. The number of aryl methyl sites for hydroxylation is 1. The number of furan rings is 1. The summed E-state index contributed by atoms with van der Waals surface area (Å²) in [6.45, 7) is 2.62. The number of carbonyl (C=O) groups is 1. The van der Waals surface area contributed by atoms with E-state index in [1.807, 2.05) is 43.3 Å². The van der Waals surface area contributed by atoms with E-state index in [1.165, 1.54) is 5.56 Å². The van der Waals surface area contributed by atoms with Crippen molar-refractivity contribution < 1.29 is 19.1 Å². The zero-order valence-corrected chi connectivity index (χ0v) is 14.6. The first-order valence-electron chi connectivity index (χ1n) is 8.45. The van der Waals surface area contributed by atoms with Gasteiger partial charge in [-0.3, -0.25) is 0 Å². The summed E-state index contributed by atoms with van der Waals surface area (Å²) in [5.41, 5.74) is 2.18. The number of nitrogens with zero attached hydrogens (tertiary/aromatic N) is 1. The summed E-state index contributed by atoms with van der Waals surface area (Å²) < 4.78 is 10.9. The fourth-order valence-corrected chi connectivity index (χ4v) is 3.33. The molecular weight excluding hydrogens is 320 g/mol. The molecule has 25 heavy (non-hydrogen) atoms. The minimum Gasteiger partial charge on any atom is -0.464 e. The summed E-state index contributed by atoms with van der Waals surface area (Å²) in [5, 5.41) is 12.8. The highest BCUT2D eigenvalue weighted by Crippen LogP contribution is 2.29. The number of fused-ring (bicyclic) bond motifs is 1. The SMILES string of the molecule is COC[C@@H](NC(=O)N1CCc2ccccc2[C@H]1CO)c1ccc(C)o1. The summed E-state index contributed by atoms with van der Waals surface area (Å²) in [5.74, 6) is 1.44. The van der Waals surface area contributed by atoms with Crippen molar-refractivity contribution in [3.8, 4) is 0 Å². The standard InChI is InChI=1S/C19H24N2O4/c1-13-7-8-18(25-13)16(12-24-2)20-19(23)21-10-9-14-5-3-4-6-15(14)17(21)11-22/h3-8,16-17,22H,9-12H2,1-2H3,(H,20,23)/t16-,17-/m1/s1. The van der Waals surface area contributed by atoms with E-state index >= 15 is 0 Å². The summed E-state index contributed by atoms with van der Waals surface area (Å²) in [4.78, 5) is 14.5. The first-order valence-corrected chi connectivity index (χ1v) is 8.45. The van der Waals surface area contributed by atoms with Crippen LogP contribution < -0.4 is 5.32 Å². The van der Waals surface area contributed by atoms with Crippen LogP contribution in [-0.4, -0.2) is 42.9 Å². The Morgan fingerprint density at radius 3 is 2.88 bits per heavy atom. The predicted octanol–water partition coefficient (Wildman–Crippen LogP) is 2.58. The number of aliphatic hydroxyl groups excluding tert-OH is 1. The van der Waals surface area contributed by atoms with Gasteiger partial charge >= 0.3 is 6.03 Å². The van der Waals surface area contributed by atoms with Crippen LogP contribution in [0.15, 0.2) is 40.8 Å². The van der Waals surface area contributed by atoms with Gasteiger partial charge in [0.1, 0.15) is 17.6 Å². The fraction of sp³-hybridized carbons (Fsp3) is 0.421. The van der Waals surface area contributed by atoms with Gasteiger partial charge in [0.15, 0.2) is 0 Å². The van der Waals surface area contributed by atoms with Gasteiger partial charge in [0, 0.05) is 13.7 Å². The van der Waals surface area contributed by atoms with E-state index in [0.29, 0.717) is 18.9 Å². The molecule has 134 valence electrons. The third kappa shape index (κ3) is 3.70. The molecule has 0 unspecified atom stereocenters. The molecule has 3 rings (SSSR count). The predicted molar refractivity (Wildman–Crippen MR) is 93.3 cm³/mol. The lowest BCUT2D eigenvalue weighted by molar-refractivity contribution is 0.114. The highest BCUT2D eigenvalue weighted by molar-refractivity contribution is 5.75. The Morgan fingerprint density at radius 2 is 2.20 bits per heavy atom. The van der Waals surface area contributed by atoms with Crippen molar-refractivity contribution in [3.63, 3.8) is 0 Å². The summed E-state index contributed by atoms with van der Waals surface area (Å²) in [7, 11) is 1.59. The van der Waals surface area contributed by atoms with Gasteiger partial charge < -0.3 is 24.5 Å². The molecule has 0 fully saturated rings. The molecule has 0 spiro atoms. The summed E-state index contributed by atoms with van der Waals surface area (Å²) in [6.07, 6.45) is 0.773. The van der Waals surface area contributed by atoms with Crippen LogP contribution in [0.3, 0.4) is 0 Å². The molecular formula is C19H24N2O4. The van der Waals surface area contributed by atoms with Crippen molar-refractivity contribution in [3.05, 3.63) is 59.0 Å². The van der Waals surface area contributed by atoms with Crippen LogP contribution in [-0.2, 0) is 11.2 Å². The van der Waals surface area contributed by atoms with E-state index in [2.05, 4.69) is 5.32 Å². The number of methoxy groups -OCH3 is 1. The van der Waals surface area contributed by atoms with Crippen molar-refractivity contribution in [1.29, 1.82) is 0 Å². The summed E-state index contributed by atoms with van der Waals surface area (Å²) >= 11 is 0. The molecule has 0 saturated carbocycles. The minimum atomic E-state index is -0.372. The van der Waals surface area contributed by atoms with Crippen LogP contribution in [0.5, 0.6) is 0 Å². The first-order chi connectivity index (χ1) is 12.1. The number of benzene rings is 1. The van der Waals surface area contributed by atoms with Crippen molar-refractivity contribution in [2.45, 2.75) is 25.4 Å². The molecule has 0 aliphatic carbocycles. The third-order valence-electron chi connectivity index (χ3n) is 4.58. The molecule has 1 aliphatic rings. The lowest BCUT2D eigenvalue weighted by Gasteiger charge is -2.37. The van der Waals surface area contributed by atoms with Gasteiger partial charge in [-0.05, 0) is 36.6 Å². The van der Waals surface area contributed by atoms with Crippen LogP contribution in [0.25, 0.3) is 0 Å². The van der Waals surface area contributed by atoms with Crippen molar-refractivity contribution in [1.82, 2.24) is 10.2 Å². The van der Waals surface area contributed by atoms with Crippen LogP contribution in [0.1, 0.15) is 34.7 Å². The minimum absolute atomic E-state index is 0.112. The normalized spacial score (nSPS) is 17.9. The largest absolute Gasteiger partial charge is 0.464 e. The molecule has 0 saturated heterocycles. The highest BCUT2D eigenvalue weighted by Gasteiger charge is 2.31. The quantitative estimate of drug-likeness (QED) is 0.874. The zero-order chi connectivity index (χ0) is 17.8. The van der Waals surface area contributed by atoms with Crippen LogP contribution in [0.4, 0.5) is 4.79 Å². The number of rotatable bonds is 5. The first kappa shape index (κ1) is 17.5. The molecule has 6 heteroatoms. The molecule has 6 nitrogen and oxygen atoms in total. The lowest BCUT2D eigenvalue weighted by atomic mass is 9.93. The number of amides is 2. The average Bonchev–Trinajstić information content (AvgIpc) is 3.06. The molecule has 2 heterocycles. The second-order valence-corrected chi connectivity index (χ2v) is 6.25. The molecule has 1 aromatic heterocycles. The highest BCUT2D eigenvalue weighted by atomic mass is 16.5. The van der Waals surface area contributed by atoms with Crippen LogP contribution in [0.2, 0.25) is 0 Å². The second kappa shape index (κ2) is 7.72. The summed E-state index contributed by atoms with van der Waals surface area (Å²) in [6, 6.07) is 10.7. The van der Waals surface area contributed by atoms with Crippen molar-refractivity contribution in [2.24, 2.45) is 0 Å². The molecule has 2 N–H and O–H groups in total. The monoisotopic (exact) mass is 344 g/mol. The van der Waals surface area contributed by atoms with Gasteiger partial charge in [-0.1, -0.05) is 24.3 Å². The molecule has 2 aromatic rings. The lowest BCUT2D eigenvalue weighted by Crippen LogP contribution is -2.48.